The molecular formula is C23H22F3N5O2. The van der Waals surface area contributed by atoms with Crippen LogP contribution >= 0.6 is 0 Å². The van der Waals surface area contributed by atoms with E-state index in [1.165, 1.54) is 12.1 Å². The van der Waals surface area contributed by atoms with Crippen molar-refractivity contribution in [3.63, 3.8) is 0 Å². The molecule has 0 bridgehead atoms. The summed E-state index contributed by atoms with van der Waals surface area (Å²) in [5, 5.41) is 5.73. The lowest BCUT2D eigenvalue weighted by Gasteiger charge is -2.33. The number of carbonyl (C=O) groups is 1. The van der Waals surface area contributed by atoms with Crippen molar-refractivity contribution in [2.24, 2.45) is 0 Å². The second-order valence-electron chi connectivity index (χ2n) is 7.58. The number of aromatic nitrogens is 2. The highest BCUT2D eigenvalue weighted by atomic mass is 19.4. The van der Waals surface area contributed by atoms with E-state index >= 15 is 0 Å². The van der Waals surface area contributed by atoms with Crippen LogP contribution in [0, 0.1) is 0 Å². The number of halogens is 3. The number of piperidine rings is 1. The van der Waals surface area contributed by atoms with Gasteiger partial charge in [0.2, 0.25) is 0 Å². The highest BCUT2D eigenvalue weighted by Crippen LogP contribution is 2.32. The van der Waals surface area contributed by atoms with Gasteiger partial charge in [0.1, 0.15) is 17.3 Å². The van der Waals surface area contributed by atoms with Crippen molar-refractivity contribution < 1.29 is 22.7 Å². The monoisotopic (exact) mass is 457 g/mol. The van der Waals surface area contributed by atoms with Crippen molar-refractivity contribution in [3.8, 4) is 11.5 Å². The fourth-order valence-corrected chi connectivity index (χ4v) is 3.53. The molecule has 172 valence electrons. The van der Waals surface area contributed by atoms with E-state index in [-0.39, 0.29) is 12.1 Å². The predicted molar refractivity (Wildman–Crippen MR) is 117 cm³/mol. The van der Waals surface area contributed by atoms with E-state index in [0.29, 0.717) is 36.1 Å². The summed E-state index contributed by atoms with van der Waals surface area (Å²) in [4.78, 5) is 22.6. The third-order valence-electron chi connectivity index (χ3n) is 5.21. The molecule has 1 saturated heterocycles. The third-order valence-corrected chi connectivity index (χ3v) is 5.21. The summed E-state index contributed by atoms with van der Waals surface area (Å²) in [6, 6.07) is 11.2. The Morgan fingerprint density at radius 1 is 1.03 bits per heavy atom. The van der Waals surface area contributed by atoms with Crippen molar-refractivity contribution in [3.05, 3.63) is 72.7 Å². The quantitative estimate of drug-likeness (QED) is 0.559. The van der Waals surface area contributed by atoms with Crippen LogP contribution in [0.25, 0.3) is 0 Å². The van der Waals surface area contributed by atoms with E-state index in [0.717, 1.165) is 25.0 Å². The molecule has 1 aliphatic rings. The average Bonchev–Trinajstić information content (AvgIpc) is 2.80. The molecule has 0 saturated carbocycles. The molecule has 10 heteroatoms. The van der Waals surface area contributed by atoms with Crippen LogP contribution in [0.15, 0.2) is 67.1 Å². The summed E-state index contributed by atoms with van der Waals surface area (Å²) < 4.78 is 43.9. The number of hydrogen-bond donors (Lipinski definition) is 2. The molecule has 7 nitrogen and oxygen atoms in total. The first-order chi connectivity index (χ1) is 15.9. The number of nitrogens with one attached hydrogen (secondary N) is 2. The Kier molecular flexibility index (Phi) is 6.62. The van der Waals surface area contributed by atoms with Crippen molar-refractivity contribution >= 4 is 17.5 Å². The Hall–Kier alpha value is -3.82. The van der Waals surface area contributed by atoms with E-state index in [4.69, 9.17) is 4.74 Å². The summed E-state index contributed by atoms with van der Waals surface area (Å²) in [6.45, 7) is 1.38. The zero-order chi connectivity index (χ0) is 23.3. The molecule has 0 spiro atoms. The maximum absolute atomic E-state index is 12.7. The number of amides is 2. The minimum absolute atomic E-state index is 0.0319. The number of urea groups is 1. The number of hydrogen-bond acceptors (Lipinski definition) is 5. The molecule has 2 aromatic heterocycles. The van der Waals surface area contributed by atoms with Gasteiger partial charge >= 0.3 is 12.2 Å². The van der Waals surface area contributed by atoms with Crippen LogP contribution in [0.1, 0.15) is 18.4 Å². The zero-order valence-corrected chi connectivity index (χ0v) is 17.5. The van der Waals surface area contributed by atoms with Crippen LogP contribution in [0.5, 0.6) is 11.5 Å². The summed E-state index contributed by atoms with van der Waals surface area (Å²) in [5.74, 6) is 1.50. The summed E-state index contributed by atoms with van der Waals surface area (Å²) in [6.07, 6.45) is 1.91. The van der Waals surface area contributed by atoms with Gasteiger partial charge < -0.3 is 20.3 Å². The molecular weight excluding hydrogens is 435 g/mol. The van der Waals surface area contributed by atoms with Crippen LogP contribution in [0.2, 0.25) is 0 Å². The Labute approximate surface area is 188 Å². The lowest BCUT2D eigenvalue weighted by molar-refractivity contribution is -0.137. The van der Waals surface area contributed by atoms with Gasteiger partial charge in [0, 0.05) is 37.6 Å². The maximum Gasteiger partial charge on any atom is 0.416 e. The number of pyridine rings is 2. The molecule has 3 aromatic rings. The highest BCUT2D eigenvalue weighted by molar-refractivity contribution is 5.89. The van der Waals surface area contributed by atoms with E-state index in [1.807, 2.05) is 0 Å². The number of nitrogens with zero attached hydrogens (tertiary/aromatic N) is 3. The number of rotatable bonds is 5. The van der Waals surface area contributed by atoms with Gasteiger partial charge in [-0.3, -0.25) is 4.98 Å². The smallest absolute Gasteiger partial charge is 0.416 e. The van der Waals surface area contributed by atoms with Gasteiger partial charge in [-0.15, -0.1) is 0 Å². The SMILES string of the molecule is O=C(Nc1cccnc1)NC1CCN(c2cc(Oc3ccc(C(F)(F)F)cc3)ccn2)CC1. The Morgan fingerprint density at radius 2 is 1.79 bits per heavy atom. The van der Waals surface area contributed by atoms with E-state index in [9.17, 15) is 18.0 Å². The van der Waals surface area contributed by atoms with Gasteiger partial charge in [-0.1, -0.05) is 0 Å². The largest absolute Gasteiger partial charge is 0.457 e. The summed E-state index contributed by atoms with van der Waals surface area (Å²) in [5.41, 5.74) is -0.0997. The minimum atomic E-state index is -4.39. The Bertz CT molecular complexity index is 1070. The van der Waals surface area contributed by atoms with Crippen LogP contribution in [0.3, 0.4) is 0 Å². The minimum Gasteiger partial charge on any atom is -0.457 e. The van der Waals surface area contributed by atoms with Crippen LogP contribution < -0.4 is 20.3 Å². The number of ether oxygens (including phenoxy) is 1. The van der Waals surface area contributed by atoms with E-state index in [1.54, 1.807) is 42.9 Å². The molecule has 2 amide bonds. The standard InChI is InChI=1S/C23H22F3N5O2/c24-23(25,26)16-3-5-19(6-4-16)33-20-7-11-28-21(14-20)31-12-8-17(9-13-31)29-22(32)30-18-2-1-10-27-15-18/h1-7,10-11,14-15,17H,8-9,12-13H2,(H2,29,30,32). The van der Waals surface area contributed by atoms with Gasteiger partial charge in [0.25, 0.3) is 0 Å². The topological polar surface area (TPSA) is 79.4 Å². The first kappa shape index (κ1) is 22.4. The summed E-state index contributed by atoms with van der Waals surface area (Å²) >= 11 is 0. The molecule has 0 radical (unpaired) electrons. The molecule has 0 aliphatic carbocycles. The Balaban J connectivity index is 1.30. The van der Waals surface area contributed by atoms with Gasteiger partial charge in [0.15, 0.2) is 0 Å². The molecule has 1 aliphatic heterocycles. The first-order valence-electron chi connectivity index (χ1n) is 10.4. The maximum atomic E-state index is 12.7. The second kappa shape index (κ2) is 9.76. The van der Waals surface area contributed by atoms with Crippen LogP contribution in [-0.2, 0) is 6.18 Å². The van der Waals surface area contributed by atoms with Crippen molar-refractivity contribution in [1.29, 1.82) is 0 Å². The fraction of sp³-hybridized carbons (Fsp3) is 0.261. The number of benzene rings is 1. The highest BCUT2D eigenvalue weighted by Gasteiger charge is 2.30. The van der Waals surface area contributed by atoms with E-state index < -0.39 is 11.7 Å². The summed E-state index contributed by atoms with van der Waals surface area (Å²) in [7, 11) is 0. The molecule has 2 N–H and O–H groups in total. The molecule has 0 atom stereocenters. The van der Waals surface area contributed by atoms with Gasteiger partial charge in [-0.05, 0) is 55.3 Å². The second-order valence-corrected chi connectivity index (χ2v) is 7.58. The number of alkyl halides is 3. The first-order valence-corrected chi connectivity index (χ1v) is 10.4. The van der Waals surface area contributed by atoms with Crippen molar-refractivity contribution in [2.45, 2.75) is 25.1 Å². The molecule has 1 aromatic carbocycles. The van der Waals surface area contributed by atoms with Gasteiger partial charge in [-0.25, -0.2) is 9.78 Å². The third kappa shape index (κ3) is 6.12. The zero-order valence-electron chi connectivity index (χ0n) is 17.5. The van der Waals surface area contributed by atoms with Crippen molar-refractivity contribution in [1.82, 2.24) is 15.3 Å². The van der Waals surface area contributed by atoms with Crippen molar-refractivity contribution in [2.75, 3.05) is 23.3 Å². The van der Waals surface area contributed by atoms with Crippen LogP contribution in [0.4, 0.5) is 29.5 Å². The molecule has 1 fully saturated rings. The molecule has 3 heterocycles. The van der Waals surface area contributed by atoms with Gasteiger partial charge in [0.05, 0.1) is 17.4 Å². The van der Waals surface area contributed by atoms with E-state index in [2.05, 4.69) is 25.5 Å². The lowest BCUT2D eigenvalue weighted by Crippen LogP contribution is -2.46. The van der Waals surface area contributed by atoms with Gasteiger partial charge in [-0.2, -0.15) is 13.2 Å². The fourth-order valence-electron chi connectivity index (χ4n) is 3.53. The molecule has 4 rings (SSSR count). The van der Waals surface area contributed by atoms with Crippen LogP contribution in [-0.4, -0.2) is 35.1 Å². The molecule has 33 heavy (non-hydrogen) atoms. The number of anilines is 2. The molecule has 0 unspecified atom stereocenters. The number of carbonyl (C=O) groups excluding carboxylic acids is 1. The average molecular weight is 457 g/mol. The lowest BCUT2D eigenvalue weighted by atomic mass is 10.1. The Morgan fingerprint density at radius 3 is 2.45 bits per heavy atom. The normalized spacial score (nSPS) is 14.6. The predicted octanol–water partition coefficient (Wildman–Crippen LogP) is 5.08.